The molecule has 17 heavy (non-hydrogen) atoms. The molecule has 0 bridgehead atoms. The largest absolute Gasteiger partial charge is 0.435 e. The lowest BCUT2D eigenvalue weighted by molar-refractivity contribution is -0.141. The molecule has 1 aromatic heterocycles. The van der Waals surface area contributed by atoms with E-state index in [2.05, 4.69) is 9.97 Å². The molecule has 96 valence electrons. The van der Waals surface area contributed by atoms with E-state index < -0.39 is 23.2 Å². The average molecular weight is 249 g/mol. The van der Waals surface area contributed by atoms with Gasteiger partial charge in [-0.05, 0) is 13.3 Å². The maximum atomic E-state index is 12.6. The Bertz CT molecular complexity index is 402. The summed E-state index contributed by atoms with van der Waals surface area (Å²) in [6, 6.07) is 0. The number of halogens is 3. The molecule has 0 saturated heterocycles. The second-order valence-electron chi connectivity index (χ2n) is 3.78. The number of aromatic nitrogens is 2. The normalized spacial score (nSPS) is 15.6. The fourth-order valence-electron chi connectivity index (χ4n) is 1.27. The Hall–Kier alpha value is -1.37. The summed E-state index contributed by atoms with van der Waals surface area (Å²) in [5.41, 5.74) is 2.65. The van der Waals surface area contributed by atoms with Crippen LogP contribution in [-0.2, 0) is 16.5 Å². The molecule has 1 unspecified atom stereocenters. The van der Waals surface area contributed by atoms with Crippen molar-refractivity contribution in [3.8, 4) is 0 Å². The van der Waals surface area contributed by atoms with Gasteiger partial charge in [0, 0.05) is 7.11 Å². The number of nitrogens with two attached hydrogens (primary N) is 1. The molecule has 1 aromatic rings. The first-order valence-corrected chi connectivity index (χ1v) is 5.00. The van der Waals surface area contributed by atoms with Crippen molar-refractivity contribution >= 4 is 5.69 Å². The molecular weight excluding hydrogens is 235 g/mol. The van der Waals surface area contributed by atoms with Crippen molar-refractivity contribution < 1.29 is 17.9 Å². The number of rotatable bonds is 3. The van der Waals surface area contributed by atoms with Crippen molar-refractivity contribution in [2.75, 3.05) is 12.8 Å². The number of hydrogen-bond acceptors (Lipinski definition) is 4. The zero-order valence-corrected chi connectivity index (χ0v) is 9.80. The minimum Gasteiger partial charge on any atom is -0.396 e. The Balaban J connectivity index is 3.31. The maximum Gasteiger partial charge on any atom is 0.435 e. The van der Waals surface area contributed by atoms with Gasteiger partial charge in [0.2, 0.25) is 0 Å². The highest BCUT2D eigenvalue weighted by Crippen LogP contribution is 2.33. The lowest BCUT2D eigenvalue weighted by Crippen LogP contribution is -2.28. The minimum absolute atomic E-state index is 0.0241. The number of hydrogen-bond donors (Lipinski definition) is 1. The summed E-state index contributed by atoms with van der Waals surface area (Å²) in [6.07, 6.45) is -3.19. The van der Waals surface area contributed by atoms with E-state index in [4.69, 9.17) is 10.5 Å². The van der Waals surface area contributed by atoms with Crippen LogP contribution in [0.4, 0.5) is 18.9 Å². The first-order chi connectivity index (χ1) is 7.74. The van der Waals surface area contributed by atoms with E-state index in [0.29, 0.717) is 6.42 Å². The van der Waals surface area contributed by atoms with Crippen LogP contribution in [0.1, 0.15) is 31.8 Å². The van der Waals surface area contributed by atoms with E-state index in [1.54, 1.807) is 13.8 Å². The highest BCUT2D eigenvalue weighted by atomic mass is 19.4. The van der Waals surface area contributed by atoms with Crippen molar-refractivity contribution in [2.45, 2.75) is 32.0 Å². The topological polar surface area (TPSA) is 61.0 Å². The fraction of sp³-hybridized carbons (Fsp3) is 0.600. The molecule has 0 aliphatic carbocycles. The monoisotopic (exact) mass is 249 g/mol. The van der Waals surface area contributed by atoms with Gasteiger partial charge in [-0.2, -0.15) is 13.2 Å². The molecule has 7 heteroatoms. The van der Waals surface area contributed by atoms with Crippen LogP contribution in [0.2, 0.25) is 0 Å². The first-order valence-electron chi connectivity index (χ1n) is 5.00. The predicted octanol–water partition coefficient (Wildman–Crippen LogP) is 2.35. The van der Waals surface area contributed by atoms with Gasteiger partial charge in [0.05, 0.1) is 11.9 Å². The summed E-state index contributed by atoms with van der Waals surface area (Å²) < 4.78 is 43.0. The van der Waals surface area contributed by atoms with Crippen molar-refractivity contribution in [3.63, 3.8) is 0 Å². The second-order valence-corrected chi connectivity index (χ2v) is 3.78. The number of anilines is 1. The smallest absolute Gasteiger partial charge is 0.396 e. The zero-order valence-electron chi connectivity index (χ0n) is 9.80. The molecule has 1 rings (SSSR count). The number of methoxy groups -OCH3 is 1. The second kappa shape index (κ2) is 4.48. The molecule has 0 aromatic carbocycles. The lowest BCUT2D eigenvalue weighted by atomic mass is 10.0. The molecule has 0 aliphatic heterocycles. The van der Waals surface area contributed by atoms with Crippen LogP contribution in [0.3, 0.4) is 0 Å². The summed E-state index contributed by atoms with van der Waals surface area (Å²) in [7, 11) is 1.40. The number of nitrogens with zero attached hydrogens (tertiary/aromatic N) is 2. The lowest BCUT2D eigenvalue weighted by Gasteiger charge is -2.25. The van der Waals surface area contributed by atoms with Gasteiger partial charge in [0.1, 0.15) is 5.60 Å². The average Bonchev–Trinajstić information content (AvgIpc) is 2.27. The van der Waals surface area contributed by atoms with Crippen molar-refractivity contribution in [2.24, 2.45) is 0 Å². The predicted molar refractivity (Wildman–Crippen MR) is 56.1 cm³/mol. The van der Waals surface area contributed by atoms with Crippen LogP contribution in [0.15, 0.2) is 6.20 Å². The number of ether oxygens (including phenoxy) is 1. The highest BCUT2D eigenvalue weighted by Gasteiger charge is 2.38. The quantitative estimate of drug-likeness (QED) is 0.893. The van der Waals surface area contributed by atoms with E-state index in [1.165, 1.54) is 7.11 Å². The molecule has 4 nitrogen and oxygen atoms in total. The SMILES string of the molecule is CCC(C)(OC)c1ncc(N)c(C(F)(F)F)n1. The van der Waals surface area contributed by atoms with Crippen LogP contribution in [0.5, 0.6) is 0 Å². The van der Waals surface area contributed by atoms with Gasteiger partial charge in [-0.1, -0.05) is 6.92 Å². The Morgan fingerprint density at radius 1 is 1.41 bits per heavy atom. The van der Waals surface area contributed by atoms with Gasteiger partial charge in [0.15, 0.2) is 11.5 Å². The van der Waals surface area contributed by atoms with E-state index in [9.17, 15) is 13.2 Å². The van der Waals surface area contributed by atoms with E-state index >= 15 is 0 Å². The van der Waals surface area contributed by atoms with Crippen molar-refractivity contribution in [1.82, 2.24) is 9.97 Å². The van der Waals surface area contributed by atoms with Crippen LogP contribution in [0, 0.1) is 0 Å². The zero-order chi connectivity index (χ0) is 13.3. The third kappa shape index (κ3) is 2.66. The number of alkyl halides is 3. The molecular formula is C10H14F3N3O. The third-order valence-electron chi connectivity index (χ3n) is 2.68. The van der Waals surface area contributed by atoms with Crippen molar-refractivity contribution in [3.05, 3.63) is 17.7 Å². The van der Waals surface area contributed by atoms with E-state index in [1.807, 2.05) is 0 Å². The molecule has 0 radical (unpaired) electrons. The molecule has 0 saturated carbocycles. The molecule has 0 fully saturated rings. The summed E-state index contributed by atoms with van der Waals surface area (Å²) in [5.74, 6) is -0.0241. The van der Waals surface area contributed by atoms with Crippen LogP contribution in [0.25, 0.3) is 0 Å². The maximum absolute atomic E-state index is 12.6. The number of nitrogen functional groups attached to an aromatic ring is 1. The van der Waals surface area contributed by atoms with Crippen LogP contribution >= 0.6 is 0 Å². The molecule has 0 amide bonds. The van der Waals surface area contributed by atoms with Gasteiger partial charge in [-0.3, -0.25) is 0 Å². The van der Waals surface area contributed by atoms with Gasteiger partial charge < -0.3 is 10.5 Å². The minimum atomic E-state index is -4.59. The summed E-state index contributed by atoms with van der Waals surface area (Å²) >= 11 is 0. The molecule has 1 heterocycles. The summed E-state index contributed by atoms with van der Waals surface area (Å²) in [5, 5.41) is 0. The third-order valence-corrected chi connectivity index (χ3v) is 2.68. The molecule has 0 aliphatic rings. The van der Waals surface area contributed by atoms with E-state index in [0.717, 1.165) is 6.20 Å². The van der Waals surface area contributed by atoms with Gasteiger partial charge in [-0.25, -0.2) is 9.97 Å². The van der Waals surface area contributed by atoms with Crippen molar-refractivity contribution in [1.29, 1.82) is 0 Å². The van der Waals surface area contributed by atoms with Crippen LogP contribution in [-0.4, -0.2) is 17.1 Å². The Kier molecular flexibility index (Phi) is 3.61. The van der Waals surface area contributed by atoms with Gasteiger partial charge in [-0.15, -0.1) is 0 Å². The summed E-state index contributed by atoms with van der Waals surface area (Å²) in [4.78, 5) is 7.28. The summed E-state index contributed by atoms with van der Waals surface area (Å²) in [6.45, 7) is 3.40. The highest BCUT2D eigenvalue weighted by molar-refractivity contribution is 5.42. The Morgan fingerprint density at radius 3 is 2.41 bits per heavy atom. The molecule has 1 atom stereocenters. The molecule has 0 spiro atoms. The van der Waals surface area contributed by atoms with Gasteiger partial charge >= 0.3 is 6.18 Å². The van der Waals surface area contributed by atoms with Gasteiger partial charge in [0.25, 0.3) is 0 Å². The Labute approximate surface area is 97.0 Å². The van der Waals surface area contributed by atoms with Crippen LogP contribution < -0.4 is 5.73 Å². The fourth-order valence-corrected chi connectivity index (χ4v) is 1.27. The Morgan fingerprint density at radius 2 is 2.00 bits per heavy atom. The van der Waals surface area contributed by atoms with E-state index in [-0.39, 0.29) is 5.82 Å². The first kappa shape index (κ1) is 13.7. The standard InChI is InChI=1S/C10H14F3N3O/c1-4-9(2,17-3)8-15-5-6(14)7(16-8)10(11,12)13/h5H,4,14H2,1-3H3. The molecule has 2 N–H and O–H groups in total.